The number of rotatable bonds is 4. The number of nitrogens with one attached hydrogen (secondary N) is 1. The van der Waals surface area contributed by atoms with Crippen molar-refractivity contribution in [3.8, 4) is 0 Å². The molecule has 1 N–H and O–H groups in total. The Bertz CT molecular complexity index is 987. The van der Waals surface area contributed by atoms with Gasteiger partial charge in [0.05, 0.1) is 4.90 Å². The topological polar surface area (TPSA) is 92.3 Å². The van der Waals surface area contributed by atoms with E-state index in [4.69, 9.17) is 11.6 Å². The summed E-state index contributed by atoms with van der Waals surface area (Å²) in [4.78, 5) is 21.4. The van der Waals surface area contributed by atoms with E-state index >= 15 is 0 Å². The van der Waals surface area contributed by atoms with Crippen molar-refractivity contribution < 1.29 is 13.2 Å². The number of halogens is 1. The van der Waals surface area contributed by atoms with Gasteiger partial charge in [0.2, 0.25) is 15.9 Å². The van der Waals surface area contributed by atoms with Crippen LogP contribution in [0, 0.1) is 5.92 Å². The summed E-state index contributed by atoms with van der Waals surface area (Å²) < 4.78 is 27.0. The molecule has 0 atom stereocenters. The average molecular weight is 421 g/mol. The van der Waals surface area contributed by atoms with E-state index in [-0.39, 0.29) is 16.7 Å². The summed E-state index contributed by atoms with van der Waals surface area (Å²) in [6, 6.07) is 6.14. The van der Waals surface area contributed by atoms with E-state index in [0.29, 0.717) is 36.8 Å². The molecule has 1 amide bonds. The molecule has 2 heterocycles. The number of anilines is 1. The van der Waals surface area contributed by atoms with Crippen molar-refractivity contribution in [3.05, 3.63) is 46.9 Å². The first-order chi connectivity index (χ1) is 13.4. The Morgan fingerprint density at radius 3 is 2.54 bits per heavy atom. The average Bonchev–Trinajstić information content (AvgIpc) is 3.18. The first kappa shape index (κ1) is 19.3. The van der Waals surface area contributed by atoms with Crippen LogP contribution in [-0.2, 0) is 27.7 Å². The van der Waals surface area contributed by atoms with Crippen LogP contribution >= 0.6 is 11.6 Å². The number of hydrogen-bond donors (Lipinski definition) is 1. The van der Waals surface area contributed by atoms with Crippen LogP contribution in [0.2, 0.25) is 5.02 Å². The van der Waals surface area contributed by atoms with E-state index < -0.39 is 10.0 Å². The van der Waals surface area contributed by atoms with Crippen LogP contribution in [0.3, 0.4) is 0 Å². The summed E-state index contributed by atoms with van der Waals surface area (Å²) in [6.07, 6.45) is 5.27. The van der Waals surface area contributed by atoms with Gasteiger partial charge in [-0.05, 0) is 56.4 Å². The fourth-order valence-corrected chi connectivity index (χ4v) is 5.40. The van der Waals surface area contributed by atoms with Gasteiger partial charge in [-0.15, -0.1) is 0 Å². The van der Waals surface area contributed by atoms with E-state index in [9.17, 15) is 13.2 Å². The lowest BCUT2D eigenvalue weighted by Crippen LogP contribution is -2.41. The Morgan fingerprint density at radius 1 is 1.11 bits per heavy atom. The number of fused-ring (bicyclic) bond motifs is 1. The van der Waals surface area contributed by atoms with Gasteiger partial charge >= 0.3 is 0 Å². The zero-order valence-corrected chi connectivity index (χ0v) is 16.8. The second-order valence-electron chi connectivity index (χ2n) is 7.12. The SMILES string of the molecule is O=C(Nc1ncnc2c1CCC2)C1CCN(S(=O)(=O)c2ccc(Cl)cc2)CC1. The minimum Gasteiger partial charge on any atom is -0.310 e. The zero-order chi connectivity index (χ0) is 19.7. The number of nitrogens with zero attached hydrogens (tertiary/aromatic N) is 3. The van der Waals surface area contributed by atoms with Gasteiger partial charge in [-0.25, -0.2) is 18.4 Å². The monoisotopic (exact) mass is 420 g/mol. The van der Waals surface area contributed by atoms with Gasteiger partial charge in [-0.1, -0.05) is 11.6 Å². The maximum absolute atomic E-state index is 12.8. The van der Waals surface area contributed by atoms with Crippen LogP contribution in [-0.4, -0.2) is 41.7 Å². The molecule has 1 aromatic heterocycles. The van der Waals surface area contributed by atoms with E-state index in [0.717, 1.165) is 30.5 Å². The Hall–Kier alpha value is -2.03. The number of piperidine rings is 1. The van der Waals surface area contributed by atoms with E-state index in [1.165, 1.54) is 22.8 Å². The van der Waals surface area contributed by atoms with Crippen molar-refractivity contribution in [2.75, 3.05) is 18.4 Å². The first-order valence-electron chi connectivity index (χ1n) is 9.34. The van der Waals surface area contributed by atoms with Crippen LogP contribution in [0.5, 0.6) is 0 Å². The maximum atomic E-state index is 12.8. The minimum absolute atomic E-state index is 0.101. The third-order valence-corrected chi connectivity index (χ3v) is 7.56. The van der Waals surface area contributed by atoms with Gasteiger partial charge in [0, 0.05) is 35.3 Å². The molecular formula is C19H21ClN4O3S. The molecular weight excluding hydrogens is 400 g/mol. The molecule has 1 aromatic carbocycles. The van der Waals surface area contributed by atoms with Crippen molar-refractivity contribution >= 4 is 33.3 Å². The minimum atomic E-state index is -3.57. The lowest BCUT2D eigenvalue weighted by atomic mass is 9.97. The standard InChI is InChI=1S/C19H21ClN4O3S/c20-14-4-6-15(7-5-14)28(26,27)24-10-8-13(9-11-24)19(25)23-18-16-2-1-3-17(16)21-12-22-18/h4-7,12-13H,1-3,8-11H2,(H,21,22,23,25). The van der Waals surface area contributed by atoms with E-state index in [1.807, 2.05) is 0 Å². The number of aromatic nitrogens is 2. The van der Waals surface area contributed by atoms with Gasteiger partial charge in [-0.2, -0.15) is 4.31 Å². The molecule has 7 nitrogen and oxygen atoms in total. The molecule has 0 saturated carbocycles. The highest BCUT2D eigenvalue weighted by Gasteiger charge is 2.32. The summed E-state index contributed by atoms with van der Waals surface area (Å²) in [6.45, 7) is 0.621. The molecule has 1 fully saturated rings. The van der Waals surface area contributed by atoms with Gasteiger partial charge < -0.3 is 5.32 Å². The summed E-state index contributed by atoms with van der Waals surface area (Å²) in [5.74, 6) is 0.267. The number of hydrogen-bond acceptors (Lipinski definition) is 5. The van der Waals surface area contributed by atoms with Crippen LogP contribution < -0.4 is 5.32 Å². The Labute approximate surface area is 169 Å². The van der Waals surface area contributed by atoms with Crippen molar-refractivity contribution in [2.24, 2.45) is 5.92 Å². The Morgan fingerprint density at radius 2 is 1.82 bits per heavy atom. The van der Waals surface area contributed by atoms with E-state index in [2.05, 4.69) is 15.3 Å². The molecule has 28 heavy (non-hydrogen) atoms. The number of benzene rings is 1. The molecule has 1 saturated heterocycles. The predicted octanol–water partition coefficient (Wildman–Crippen LogP) is 2.66. The number of carbonyl (C=O) groups excluding carboxylic acids is 1. The molecule has 1 aliphatic carbocycles. The summed E-state index contributed by atoms with van der Waals surface area (Å²) in [7, 11) is -3.57. The zero-order valence-electron chi connectivity index (χ0n) is 15.3. The normalized spacial score (nSPS) is 18.0. The quantitative estimate of drug-likeness (QED) is 0.820. The van der Waals surface area contributed by atoms with Gasteiger partial charge in [0.25, 0.3) is 0 Å². The Balaban J connectivity index is 1.39. The fourth-order valence-electron chi connectivity index (χ4n) is 3.80. The molecule has 0 radical (unpaired) electrons. The smallest absolute Gasteiger partial charge is 0.243 e. The number of carbonyl (C=O) groups is 1. The Kier molecular flexibility index (Phi) is 5.35. The van der Waals surface area contributed by atoms with E-state index in [1.54, 1.807) is 12.1 Å². The first-order valence-corrected chi connectivity index (χ1v) is 11.2. The predicted molar refractivity (Wildman–Crippen MR) is 106 cm³/mol. The van der Waals surface area contributed by atoms with Crippen LogP contribution in [0.4, 0.5) is 5.82 Å². The summed E-state index contributed by atoms with van der Waals surface area (Å²) in [5.41, 5.74) is 2.03. The highest BCUT2D eigenvalue weighted by Crippen LogP contribution is 2.28. The third-order valence-electron chi connectivity index (χ3n) is 5.39. The second kappa shape index (κ2) is 7.77. The molecule has 0 spiro atoms. The molecule has 4 rings (SSSR count). The highest BCUT2D eigenvalue weighted by atomic mass is 35.5. The molecule has 9 heteroatoms. The van der Waals surface area contributed by atoms with Crippen LogP contribution in [0.25, 0.3) is 0 Å². The van der Waals surface area contributed by atoms with Gasteiger partial charge in [0.15, 0.2) is 0 Å². The maximum Gasteiger partial charge on any atom is 0.243 e. The lowest BCUT2D eigenvalue weighted by Gasteiger charge is -2.30. The molecule has 0 bridgehead atoms. The lowest BCUT2D eigenvalue weighted by molar-refractivity contribution is -0.120. The molecule has 148 valence electrons. The number of aryl methyl sites for hydroxylation is 1. The van der Waals surface area contributed by atoms with Crippen molar-refractivity contribution in [3.63, 3.8) is 0 Å². The molecule has 1 aliphatic heterocycles. The largest absolute Gasteiger partial charge is 0.310 e. The summed E-state index contributed by atoms with van der Waals surface area (Å²) in [5, 5.41) is 3.42. The molecule has 0 unspecified atom stereocenters. The molecule has 2 aromatic rings. The van der Waals surface area contributed by atoms with Crippen molar-refractivity contribution in [2.45, 2.75) is 37.0 Å². The van der Waals surface area contributed by atoms with Gasteiger partial charge in [-0.3, -0.25) is 4.79 Å². The van der Waals surface area contributed by atoms with Crippen molar-refractivity contribution in [1.29, 1.82) is 0 Å². The van der Waals surface area contributed by atoms with Gasteiger partial charge in [0.1, 0.15) is 12.1 Å². The fraction of sp³-hybridized carbons (Fsp3) is 0.421. The van der Waals surface area contributed by atoms with Crippen LogP contribution in [0.15, 0.2) is 35.5 Å². The van der Waals surface area contributed by atoms with Crippen molar-refractivity contribution in [1.82, 2.24) is 14.3 Å². The summed E-state index contributed by atoms with van der Waals surface area (Å²) >= 11 is 5.84. The highest BCUT2D eigenvalue weighted by molar-refractivity contribution is 7.89. The third kappa shape index (κ3) is 3.76. The number of sulfonamides is 1. The molecule has 2 aliphatic rings. The van der Waals surface area contributed by atoms with Crippen LogP contribution in [0.1, 0.15) is 30.5 Å². The second-order valence-corrected chi connectivity index (χ2v) is 9.50. The number of amides is 1.